The van der Waals surface area contributed by atoms with Gasteiger partial charge in [-0.05, 0) is 24.9 Å². The Morgan fingerprint density at radius 3 is 2.85 bits per heavy atom. The van der Waals surface area contributed by atoms with Crippen molar-refractivity contribution in [1.29, 1.82) is 0 Å². The SMILES string of the molecule is Cn1cnnc1C1CCCN1CC(O)c1ccccc1. The fraction of sp³-hybridized carbons (Fsp3) is 0.467. The molecule has 5 nitrogen and oxygen atoms in total. The molecule has 3 rings (SSSR count). The van der Waals surface area contributed by atoms with Crippen LogP contribution in [0.4, 0.5) is 0 Å². The van der Waals surface area contributed by atoms with Gasteiger partial charge < -0.3 is 9.67 Å². The molecule has 1 aliphatic heterocycles. The molecule has 1 aliphatic rings. The molecule has 1 aromatic carbocycles. The predicted molar refractivity (Wildman–Crippen MR) is 76.0 cm³/mol. The fourth-order valence-corrected chi connectivity index (χ4v) is 2.93. The van der Waals surface area contributed by atoms with E-state index in [0.29, 0.717) is 6.54 Å². The van der Waals surface area contributed by atoms with Crippen LogP contribution in [-0.4, -0.2) is 37.9 Å². The first kappa shape index (κ1) is 13.3. The molecule has 2 atom stereocenters. The Labute approximate surface area is 118 Å². The minimum atomic E-state index is -0.454. The predicted octanol–water partition coefficient (Wildman–Crippen LogP) is 1.69. The van der Waals surface area contributed by atoms with Crippen LogP contribution >= 0.6 is 0 Å². The number of aliphatic hydroxyl groups excluding tert-OH is 1. The van der Waals surface area contributed by atoms with Gasteiger partial charge in [0.05, 0.1) is 12.1 Å². The molecule has 1 N–H and O–H groups in total. The molecule has 2 aromatic rings. The van der Waals surface area contributed by atoms with E-state index in [1.165, 1.54) is 0 Å². The largest absolute Gasteiger partial charge is 0.387 e. The molecule has 1 saturated heterocycles. The summed E-state index contributed by atoms with van der Waals surface area (Å²) in [5, 5.41) is 18.6. The zero-order valence-corrected chi connectivity index (χ0v) is 11.7. The van der Waals surface area contributed by atoms with E-state index in [2.05, 4.69) is 15.1 Å². The summed E-state index contributed by atoms with van der Waals surface area (Å²) in [4.78, 5) is 2.31. The van der Waals surface area contributed by atoms with Crippen LogP contribution in [0.5, 0.6) is 0 Å². The molecule has 20 heavy (non-hydrogen) atoms. The standard InChI is InChI=1S/C15H20N4O/c1-18-11-16-17-15(18)13-8-5-9-19(13)10-14(20)12-6-3-2-4-7-12/h2-4,6-7,11,13-14,20H,5,8-10H2,1H3. The van der Waals surface area contributed by atoms with E-state index in [1.807, 2.05) is 41.9 Å². The van der Waals surface area contributed by atoms with E-state index in [1.54, 1.807) is 6.33 Å². The summed E-state index contributed by atoms with van der Waals surface area (Å²) in [5.74, 6) is 0.989. The molecule has 0 spiro atoms. The highest BCUT2D eigenvalue weighted by Gasteiger charge is 2.30. The van der Waals surface area contributed by atoms with Gasteiger partial charge in [0, 0.05) is 13.6 Å². The fourth-order valence-electron chi connectivity index (χ4n) is 2.93. The summed E-state index contributed by atoms with van der Waals surface area (Å²) in [6.07, 6.45) is 3.50. The monoisotopic (exact) mass is 272 g/mol. The molecule has 0 radical (unpaired) electrons. The number of rotatable bonds is 4. The van der Waals surface area contributed by atoms with Gasteiger partial charge in [-0.2, -0.15) is 0 Å². The van der Waals surface area contributed by atoms with Gasteiger partial charge in [-0.3, -0.25) is 4.90 Å². The first-order chi connectivity index (χ1) is 9.75. The molecule has 5 heteroatoms. The molecular weight excluding hydrogens is 252 g/mol. The maximum atomic E-state index is 10.4. The van der Waals surface area contributed by atoms with Crippen LogP contribution in [0.15, 0.2) is 36.7 Å². The van der Waals surface area contributed by atoms with E-state index < -0.39 is 6.10 Å². The van der Waals surface area contributed by atoms with Crippen molar-refractivity contribution in [3.05, 3.63) is 48.0 Å². The van der Waals surface area contributed by atoms with Crippen molar-refractivity contribution in [2.75, 3.05) is 13.1 Å². The maximum absolute atomic E-state index is 10.4. The van der Waals surface area contributed by atoms with E-state index in [0.717, 1.165) is 30.8 Å². The third-order valence-corrected chi connectivity index (χ3v) is 4.00. The summed E-state index contributed by atoms with van der Waals surface area (Å²) in [6.45, 7) is 1.64. The van der Waals surface area contributed by atoms with Crippen molar-refractivity contribution < 1.29 is 5.11 Å². The van der Waals surface area contributed by atoms with Crippen molar-refractivity contribution in [2.45, 2.75) is 25.0 Å². The van der Waals surface area contributed by atoms with Crippen LogP contribution in [0.25, 0.3) is 0 Å². The van der Waals surface area contributed by atoms with Crippen LogP contribution in [0.3, 0.4) is 0 Å². The Bertz CT molecular complexity index is 554. The van der Waals surface area contributed by atoms with E-state index >= 15 is 0 Å². The van der Waals surface area contributed by atoms with Gasteiger partial charge in [0.25, 0.3) is 0 Å². The number of benzene rings is 1. The van der Waals surface area contributed by atoms with Gasteiger partial charge in [-0.1, -0.05) is 30.3 Å². The highest BCUT2D eigenvalue weighted by atomic mass is 16.3. The lowest BCUT2D eigenvalue weighted by molar-refractivity contribution is 0.103. The molecule has 0 aliphatic carbocycles. The van der Waals surface area contributed by atoms with Crippen molar-refractivity contribution in [3.8, 4) is 0 Å². The second-order valence-corrected chi connectivity index (χ2v) is 5.38. The normalized spacial score (nSPS) is 21.2. The number of nitrogens with zero attached hydrogens (tertiary/aromatic N) is 4. The number of likely N-dealkylation sites (tertiary alicyclic amines) is 1. The minimum Gasteiger partial charge on any atom is -0.387 e. The Morgan fingerprint density at radius 1 is 1.35 bits per heavy atom. The average molecular weight is 272 g/mol. The molecule has 106 valence electrons. The summed E-state index contributed by atoms with van der Waals surface area (Å²) in [7, 11) is 1.97. The number of β-amino-alcohol motifs (C(OH)–C–C–N with tert-alkyl or cyclic N) is 1. The quantitative estimate of drug-likeness (QED) is 0.920. The van der Waals surface area contributed by atoms with Crippen molar-refractivity contribution in [3.63, 3.8) is 0 Å². The zero-order chi connectivity index (χ0) is 13.9. The Balaban J connectivity index is 1.72. The van der Waals surface area contributed by atoms with Gasteiger partial charge in [-0.25, -0.2) is 0 Å². The third kappa shape index (κ3) is 2.59. The maximum Gasteiger partial charge on any atom is 0.149 e. The third-order valence-electron chi connectivity index (χ3n) is 4.00. The lowest BCUT2D eigenvalue weighted by Crippen LogP contribution is -2.29. The highest BCUT2D eigenvalue weighted by molar-refractivity contribution is 5.17. The molecule has 0 bridgehead atoms. The topological polar surface area (TPSA) is 54.2 Å². The molecule has 2 unspecified atom stereocenters. The number of aryl methyl sites for hydroxylation is 1. The Kier molecular flexibility index (Phi) is 3.80. The first-order valence-electron chi connectivity index (χ1n) is 7.06. The van der Waals surface area contributed by atoms with Crippen molar-refractivity contribution in [2.24, 2.45) is 7.05 Å². The van der Waals surface area contributed by atoms with Gasteiger partial charge in [0.1, 0.15) is 12.2 Å². The minimum absolute atomic E-state index is 0.265. The van der Waals surface area contributed by atoms with E-state index in [9.17, 15) is 5.11 Å². The number of aliphatic hydroxyl groups is 1. The second kappa shape index (κ2) is 5.73. The second-order valence-electron chi connectivity index (χ2n) is 5.38. The molecular formula is C15H20N4O. The van der Waals surface area contributed by atoms with E-state index in [4.69, 9.17) is 0 Å². The van der Waals surface area contributed by atoms with Crippen LogP contribution in [0, 0.1) is 0 Å². The Hall–Kier alpha value is -1.72. The van der Waals surface area contributed by atoms with Crippen molar-refractivity contribution in [1.82, 2.24) is 19.7 Å². The zero-order valence-electron chi connectivity index (χ0n) is 11.7. The van der Waals surface area contributed by atoms with Crippen LogP contribution in [0.2, 0.25) is 0 Å². The molecule has 0 amide bonds. The summed E-state index contributed by atoms with van der Waals surface area (Å²) < 4.78 is 1.97. The van der Waals surface area contributed by atoms with Gasteiger partial charge in [0.15, 0.2) is 0 Å². The summed E-state index contributed by atoms with van der Waals surface area (Å²) in [5.41, 5.74) is 0.969. The number of hydrogen-bond acceptors (Lipinski definition) is 4. The van der Waals surface area contributed by atoms with Crippen LogP contribution in [-0.2, 0) is 7.05 Å². The lowest BCUT2D eigenvalue weighted by Gasteiger charge is -2.26. The number of aromatic nitrogens is 3. The lowest BCUT2D eigenvalue weighted by atomic mass is 10.1. The molecule has 1 fully saturated rings. The van der Waals surface area contributed by atoms with Crippen molar-refractivity contribution >= 4 is 0 Å². The van der Waals surface area contributed by atoms with E-state index in [-0.39, 0.29) is 6.04 Å². The molecule has 1 aromatic heterocycles. The summed E-state index contributed by atoms with van der Waals surface area (Å²) >= 11 is 0. The highest BCUT2D eigenvalue weighted by Crippen LogP contribution is 2.31. The average Bonchev–Trinajstić information content (AvgIpc) is 3.08. The molecule has 2 heterocycles. The number of hydrogen-bond donors (Lipinski definition) is 1. The van der Waals surface area contributed by atoms with Gasteiger partial charge in [-0.15, -0.1) is 10.2 Å². The smallest absolute Gasteiger partial charge is 0.149 e. The Morgan fingerprint density at radius 2 is 2.15 bits per heavy atom. The first-order valence-corrected chi connectivity index (χ1v) is 7.06. The van der Waals surface area contributed by atoms with Gasteiger partial charge in [0.2, 0.25) is 0 Å². The van der Waals surface area contributed by atoms with Crippen LogP contribution < -0.4 is 0 Å². The van der Waals surface area contributed by atoms with Gasteiger partial charge >= 0.3 is 0 Å². The molecule has 0 saturated carbocycles. The van der Waals surface area contributed by atoms with Crippen LogP contribution in [0.1, 0.15) is 36.4 Å². The summed E-state index contributed by atoms with van der Waals surface area (Å²) in [6, 6.07) is 10.1.